The summed E-state index contributed by atoms with van der Waals surface area (Å²) in [4.78, 5) is 11.5. The van der Waals surface area contributed by atoms with Gasteiger partial charge in [0.05, 0.1) is 6.61 Å². The minimum absolute atomic E-state index is 0.0788. The standard InChI is InChI=1S/C16H32O8/c1-2-3-4-5-6-7-8-9-12(19)24-16(23)15(22)14(21)13(20)11(18)10-17/h11,13-18,20-23H,2-10H2,1H3/t11-,13-,14+,15-,16?/m1/s1. The molecule has 0 aliphatic carbocycles. The predicted molar refractivity (Wildman–Crippen MR) is 85.8 cm³/mol. The average molecular weight is 352 g/mol. The van der Waals surface area contributed by atoms with Gasteiger partial charge in [0.1, 0.15) is 24.4 Å². The summed E-state index contributed by atoms with van der Waals surface area (Å²) < 4.78 is 4.59. The van der Waals surface area contributed by atoms with Crippen molar-refractivity contribution in [2.45, 2.75) is 89.0 Å². The average Bonchev–Trinajstić information content (AvgIpc) is 2.58. The number of hydrogen-bond donors (Lipinski definition) is 6. The Morgan fingerprint density at radius 2 is 1.38 bits per heavy atom. The molecular weight excluding hydrogens is 320 g/mol. The van der Waals surface area contributed by atoms with Crippen molar-refractivity contribution in [1.29, 1.82) is 0 Å². The minimum atomic E-state index is -2.03. The van der Waals surface area contributed by atoms with Crippen molar-refractivity contribution in [2.24, 2.45) is 0 Å². The summed E-state index contributed by atoms with van der Waals surface area (Å²) in [5.74, 6) is -0.723. The molecule has 6 N–H and O–H groups in total. The predicted octanol–water partition coefficient (Wildman–Crippen LogP) is -0.575. The van der Waals surface area contributed by atoms with Crippen LogP contribution in [0.1, 0.15) is 58.3 Å². The van der Waals surface area contributed by atoms with Crippen molar-refractivity contribution in [1.82, 2.24) is 0 Å². The van der Waals surface area contributed by atoms with Crippen molar-refractivity contribution in [2.75, 3.05) is 6.61 Å². The Kier molecular flexibility index (Phi) is 13.1. The smallest absolute Gasteiger partial charge is 0.308 e. The van der Waals surface area contributed by atoms with Crippen molar-refractivity contribution in [3.63, 3.8) is 0 Å². The van der Waals surface area contributed by atoms with Gasteiger partial charge in [0.2, 0.25) is 6.29 Å². The number of unbranched alkanes of at least 4 members (excludes halogenated alkanes) is 6. The molecule has 0 spiro atoms. The fraction of sp³-hybridized carbons (Fsp3) is 0.938. The first-order valence-corrected chi connectivity index (χ1v) is 8.55. The molecule has 0 aromatic heterocycles. The molecule has 8 nitrogen and oxygen atoms in total. The second-order valence-electron chi connectivity index (χ2n) is 5.97. The number of aliphatic hydroxyl groups is 6. The van der Waals surface area contributed by atoms with Crippen LogP contribution in [0.25, 0.3) is 0 Å². The highest BCUT2D eigenvalue weighted by Gasteiger charge is 2.35. The van der Waals surface area contributed by atoms with Crippen LogP contribution in [-0.4, -0.2) is 73.9 Å². The second-order valence-corrected chi connectivity index (χ2v) is 5.97. The Bertz CT molecular complexity index is 325. The highest BCUT2D eigenvalue weighted by Crippen LogP contribution is 2.12. The number of carbonyl (C=O) groups is 1. The van der Waals surface area contributed by atoms with Crippen molar-refractivity contribution in [3.8, 4) is 0 Å². The van der Waals surface area contributed by atoms with Gasteiger partial charge < -0.3 is 35.4 Å². The Balaban J connectivity index is 3.99. The van der Waals surface area contributed by atoms with Crippen LogP contribution in [-0.2, 0) is 9.53 Å². The molecule has 0 fully saturated rings. The SMILES string of the molecule is CCCCCCCCCC(=O)OC(O)[C@H](O)[C@@H](O)[C@H](O)[C@H](O)CO. The molecule has 0 saturated carbocycles. The molecule has 0 heterocycles. The number of ether oxygens (including phenoxy) is 1. The fourth-order valence-electron chi connectivity index (χ4n) is 2.20. The first-order valence-electron chi connectivity index (χ1n) is 8.55. The molecule has 144 valence electrons. The molecule has 0 bridgehead atoms. The lowest BCUT2D eigenvalue weighted by Gasteiger charge is -2.28. The van der Waals surface area contributed by atoms with Crippen LogP contribution in [0.2, 0.25) is 0 Å². The van der Waals surface area contributed by atoms with Gasteiger partial charge in [-0.1, -0.05) is 45.4 Å². The summed E-state index contributed by atoms with van der Waals surface area (Å²) in [6, 6.07) is 0. The quantitative estimate of drug-likeness (QED) is 0.138. The zero-order valence-corrected chi connectivity index (χ0v) is 14.3. The zero-order valence-electron chi connectivity index (χ0n) is 14.3. The first-order chi connectivity index (χ1) is 11.3. The van der Waals surface area contributed by atoms with Gasteiger partial charge in [-0.2, -0.15) is 0 Å². The largest absolute Gasteiger partial charge is 0.433 e. The third-order valence-corrected chi connectivity index (χ3v) is 3.81. The molecule has 0 aromatic carbocycles. The monoisotopic (exact) mass is 352 g/mol. The van der Waals surface area contributed by atoms with Gasteiger partial charge >= 0.3 is 5.97 Å². The van der Waals surface area contributed by atoms with Crippen molar-refractivity contribution in [3.05, 3.63) is 0 Å². The zero-order chi connectivity index (χ0) is 18.5. The molecule has 1 unspecified atom stereocenters. The van der Waals surface area contributed by atoms with E-state index in [1.807, 2.05) is 0 Å². The molecule has 0 aliphatic heterocycles. The van der Waals surface area contributed by atoms with Gasteiger partial charge in [-0.3, -0.25) is 4.79 Å². The number of rotatable bonds is 14. The summed E-state index contributed by atoms with van der Waals surface area (Å²) in [7, 11) is 0. The molecule has 0 aromatic rings. The topological polar surface area (TPSA) is 148 Å². The van der Waals surface area contributed by atoms with E-state index >= 15 is 0 Å². The van der Waals surface area contributed by atoms with E-state index in [-0.39, 0.29) is 6.42 Å². The van der Waals surface area contributed by atoms with Gasteiger partial charge in [0.25, 0.3) is 0 Å². The van der Waals surface area contributed by atoms with Crippen LogP contribution in [0.3, 0.4) is 0 Å². The maximum atomic E-state index is 11.5. The van der Waals surface area contributed by atoms with E-state index in [0.29, 0.717) is 6.42 Å². The maximum Gasteiger partial charge on any atom is 0.308 e. The Labute approximate surface area is 142 Å². The lowest BCUT2D eigenvalue weighted by atomic mass is 10.0. The highest BCUT2D eigenvalue weighted by atomic mass is 16.6. The van der Waals surface area contributed by atoms with Crippen molar-refractivity contribution < 1.29 is 40.2 Å². The molecule has 0 amide bonds. The van der Waals surface area contributed by atoms with E-state index < -0.39 is 43.3 Å². The molecule has 8 heteroatoms. The first kappa shape index (κ1) is 23.2. The summed E-state index contributed by atoms with van der Waals surface area (Å²) >= 11 is 0. The summed E-state index contributed by atoms with van der Waals surface area (Å²) in [5, 5.41) is 56.0. The van der Waals surface area contributed by atoms with E-state index in [1.54, 1.807) is 0 Å². The van der Waals surface area contributed by atoms with Gasteiger partial charge in [-0.15, -0.1) is 0 Å². The highest BCUT2D eigenvalue weighted by molar-refractivity contribution is 5.69. The van der Waals surface area contributed by atoms with Gasteiger partial charge in [-0.05, 0) is 6.42 Å². The fourth-order valence-corrected chi connectivity index (χ4v) is 2.20. The van der Waals surface area contributed by atoms with E-state index in [1.165, 1.54) is 19.3 Å². The van der Waals surface area contributed by atoms with Crippen LogP contribution >= 0.6 is 0 Å². The molecule has 0 aliphatic rings. The van der Waals surface area contributed by atoms with E-state index in [0.717, 1.165) is 19.3 Å². The van der Waals surface area contributed by atoms with Crippen LogP contribution in [0.15, 0.2) is 0 Å². The molecule has 5 atom stereocenters. The van der Waals surface area contributed by atoms with Gasteiger partial charge in [0, 0.05) is 6.42 Å². The molecule has 0 rings (SSSR count). The Morgan fingerprint density at radius 3 is 1.92 bits per heavy atom. The van der Waals surface area contributed by atoms with Crippen LogP contribution < -0.4 is 0 Å². The Hall–Kier alpha value is -0.770. The van der Waals surface area contributed by atoms with E-state index in [2.05, 4.69) is 11.7 Å². The number of aliphatic hydroxyl groups excluding tert-OH is 6. The van der Waals surface area contributed by atoms with Crippen molar-refractivity contribution >= 4 is 5.97 Å². The Morgan fingerprint density at radius 1 is 0.833 bits per heavy atom. The van der Waals surface area contributed by atoms with Gasteiger partial charge in [-0.25, -0.2) is 0 Å². The number of carbonyl (C=O) groups excluding carboxylic acids is 1. The second kappa shape index (κ2) is 13.5. The lowest BCUT2D eigenvalue weighted by molar-refractivity contribution is -0.213. The van der Waals surface area contributed by atoms with Crippen LogP contribution in [0, 0.1) is 0 Å². The summed E-state index contributed by atoms with van der Waals surface area (Å²) in [6.45, 7) is 1.30. The van der Waals surface area contributed by atoms with Crippen LogP contribution in [0.4, 0.5) is 0 Å². The molecule has 0 radical (unpaired) electrons. The summed E-state index contributed by atoms with van der Waals surface area (Å²) in [5.41, 5.74) is 0. The molecule has 24 heavy (non-hydrogen) atoms. The van der Waals surface area contributed by atoms with E-state index in [4.69, 9.17) is 10.2 Å². The molecule has 0 saturated heterocycles. The van der Waals surface area contributed by atoms with Crippen LogP contribution in [0.5, 0.6) is 0 Å². The third kappa shape index (κ3) is 9.51. The van der Waals surface area contributed by atoms with E-state index in [9.17, 15) is 25.2 Å². The lowest BCUT2D eigenvalue weighted by Crippen LogP contribution is -2.50. The number of hydrogen-bond acceptors (Lipinski definition) is 8. The maximum absolute atomic E-state index is 11.5. The third-order valence-electron chi connectivity index (χ3n) is 3.81. The number of esters is 1. The normalized spacial score (nSPS) is 17.8. The van der Waals surface area contributed by atoms with Gasteiger partial charge in [0.15, 0.2) is 0 Å². The minimum Gasteiger partial charge on any atom is -0.433 e. The summed E-state index contributed by atoms with van der Waals surface area (Å²) in [6.07, 6.45) is -2.38. The molecular formula is C16H32O8.